The molecule has 0 N–H and O–H groups in total. The van der Waals surface area contributed by atoms with Crippen molar-refractivity contribution < 1.29 is 4.42 Å². The molecule has 52 heavy (non-hydrogen) atoms. The Morgan fingerprint density at radius 1 is 0.365 bits per heavy atom. The Kier molecular flexibility index (Phi) is 6.08. The largest absolute Gasteiger partial charge is 0.455 e. The van der Waals surface area contributed by atoms with Gasteiger partial charge in [0, 0.05) is 21.6 Å². The second-order valence-electron chi connectivity index (χ2n) is 14.8. The summed E-state index contributed by atoms with van der Waals surface area (Å²) in [4.78, 5) is 0. The SMILES string of the molecule is CC1(C)c2ccccc2-c2ccc(-c3ccc(-c4c5ccccc5c(-c5ccc6oc7c8ccccc8ccc7c6c5)c5ccccc45)cc3)cc21. The summed E-state index contributed by atoms with van der Waals surface area (Å²) in [7, 11) is 0. The number of hydrogen-bond acceptors (Lipinski definition) is 1. The lowest BCUT2D eigenvalue weighted by Crippen LogP contribution is -2.14. The zero-order valence-electron chi connectivity index (χ0n) is 29.1. The van der Waals surface area contributed by atoms with Crippen LogP contribution in [0.4, 0.5) is 0 Å². The molecule has 0 aliphatic heterocycles. The van der Waals surface area contributed by atoms with Crippen molar-refractivity contribution in [2.45, 2.75) is 19.3 Å². The van der Waals surface area contributed by atoms with Crippen molar-refractivity contribution in [2.24, 2.45) is 0 Å². The van der Waals surface area contributed by atoms with E-state index >= 15 is 0 Å². The van der Waals surface area contributed by atoms with Crippen molar-refractivity contribution >= 4 is 54.3 Å². The molecule has 10 aromatic rings. The summed E-state index contributed by atoms with van der Waals surface area (Å²) in [5.41, 5.74) is 14.8. The lowest BCUT2D eigenvalue weighted by Gasteiger charge is -2.22. The molecular weight excluding hydrogens is 629 g/mol. The second-order valence-corrected chi connectivity index (χ2v) is 14.8. The molecule has 1 aliphatic rings. The minimum atomic E-state index is -0.0227. The lowest BCUT2D eigenvalue weighted by molar-refractivity contribution is 0.660. The Balaban J connectivity index is 1.06. The summed E-state index contributed by atoms with van der Waals surface area (Å²) in [5, 5.41) is 9.64. The predicted octanol–water partition coefficient (Wildman–Crippen LogP) is 14.4. The maximum atomic E-state index is 6.50. The molecule has 244 valence electrons. The molecule has 0 atom stereocenters. The van der Waals surface area contributed by atoms with Crippen LogP contribution in [0.15, 0.2) is 174 Å². The van der Waals surface area contributed by atoms with Gasteiger partial charge < -0.3 is 4.42 Å². The van der Waals surface area contributed by atoms with Gasteiger partial charge in [-0.3, -0.25) is 0 Å². The van der Waals surface area contributed by atoms with E-state index in [1.807, 2.05) is 0 Å². The topological polar surface area (TPSA) is 13.1 Å². The maximum Gasteiger partial charge on any atom is 0.143 e. The van der Waals surface area contributed by atoms with Crippen molar-refractivity contribution in [1.82, 2.24) is 0 Å². The van der Waals surface area contributed by atoms with Gasteiger partial charge in [-0.1, -0.05) is 159 Å². The summed E-state index contributed by atoms with van der Waals surface area (Å²) in [6, 6.07) is 62.5. The molecule has 0 radical (unpaired) electrons. The van der Waals surface area contributed by atoms with Crippen LogP contribution in [0.2, 0.25) is 0 Å². The van der Waals surface area contributed by atoms with Gasteiger partial charge in [-0.2, -0.15) is 0 Å². The number of hydrogen-bond donors (Lipinski definition) is 0. The summed E-state index contributed by atoms with van der Waals surface area (Å²) in [5.74, 6) is 0. The minimum absolute atomic E-state index is 0.0227. The maximum absolute atomic E-state index is 6.50. The molecule has 0 fully saturated rings. The monoisotopic (exact) mass is 662 g/mol. The first-order valence-electron chi connectivity index (χ1n) is 18.2. The fourth-order valence-corrected chi connectivity index (χ4v) is 9.12. The van der Waals surface area contributed by atoms with Crippen molar-refractivity contribution in [1.29, 1.82) is 0 Å². The standard InChI is InChI=1S/C51H34O/c1-51(2)45-18-10-9-13-37(45)38-26-24-34(30-46(38)51)31-19-21-33(22-20-31)48-39-14-5-7-16-41(39)49(42-17-8-6-15-40(42)48)35-25-28-47-44(29-35)43-27-23-32-11-3-4-12-36(32)50(43)52-47/h3-30H,1-2H3. The Hall–Kier alpha value is -6.44. The normalized spacial score (nSPS) is 13.3. The molecule has 0 saturated heterocycles. The molecule has 0 unspecified atom stereocenters. The zero-order chi connectivity index (χ0) is 34.6. The molecule has 0 spiro atoms. The van der Waals surface area contributed by atoms with E-state index in [9.17, 15) is 0 Å². The van der Waals surface area contributed by atoms with E-state index in [0.29, 0.717) is 0 Å². The molecular formula is C51H34O. The van der Waals surface area contributed by atoms with Crippen LogP contribution in [-0.4, -0.2) is 0 Å². The van der Waals surface area contributed by atoms with E-state index in [2.05, 4.69) is 184 Å². The van der Waals surface area contributed by atoms with Gasteiger partial charge in [0.25, 0.3) is 0 Å². The van der Waals surface area contributed by atoms with Crippen LogP contribution < -0.4 is 0 Å². The average Bonchev–Trinajstić information content (AvgIpc) is 3.68. The first-order chi connectivity index (χ1) is 25.5. The number of benzene rings is 9. The van der Waals surface area contributed by atoms with Crippen LogP contribution in [0, 0.1) is 0 Å². The summed E-state index contributed by atoms with van der Waals surface area (Å²) < 4.78 is 6.50. The van der Waals surface area contributed by atoms with E-state index in [1.54, 1.807) is 0 Å². The highest BCUT2D eigenvalue weighted by Crippen LogP contribution is 2.50. The van der Waals surface area contributed by atoms with Gasteiger partial charge in [0.2, 0.25) is 0 Å². The lowest BCUT2D eigenvalue weighted by atomic mass is 9.81. The van der Waals surface area contributed by atoms with Crippen molar-refractivity contribution in [3.63, 3.8) is 0 Å². The highest BCUT2D eigenvalue weighted by Gasteiger charge is 2.35. The summed E-state index contributed by atoms with van der Waals surface area (Å²) in [6.45, 7) is 4.70. The summed E-state index contributed by atoms with van der Waals surface area (Å²) in [6.07, 6.45) is 0. The van der Waals surface area contributed by atoms with Gasteiger partial charge >= 0.3 is 0 Å². The van der Waals surface area contributed by atoms with Gasteiger partial charge in [-0.15, -0.1) is 0 Å². The summed E-state index contributed by atoms with van der Waals surface area (Å²) >= 11 is 0. The van der Waals surface area contributed by atoms with Crippen molar-refractivity contribution in [2.75, 3.05) is 0 Å². The molecule has 11 rings (SSSR count). The smallest absolute Gasteiger partial charge is 0.143 e. The van der Waals surface area contributed by atoms with Crippen molar-refractivity contribution in [3.8, 4) is 44.5 Å². The number of rotatable bonds is 3. The van der Waals surface area contributed by atoms with Crippen LogP contribution in [0.25, 0.3) is 98.8 Å². The number of fused-ring (bicyclic) bond motifs is 10. The van der Waals surface area contributed by atoms with Crippen molar-refractivity contribution in [3.05, 3.63) is 181 Å². The highest BCUT2D eigenvalue weighted by molar-refractivity contribution is 6.22. The molecule has 1 heteroatoms. The Morgan fingerprint density at radius 2 is 0.923 bits per heavy atom. The number of furan rings is 1. The van der Waals surface area contributed by atoms with Crippen LogP contribution in [-0.2, 0) is 5.41 Å². The Labute approximate surface area is 302 Å². The van der Waals surface area contributed by atoms with E-state index in [1.165, 1.54) is 82.6 Å². The Morgan fingerprint density at radius 3 is 1.65 bits per heavy atom. The molecule has 1 nitrogen and oxygen atoms in total. The predicted molar refractivity (Wildman–Crippen MR) is 220 cm³/mol. The van der Waals surface area contributed by atoms with Gasteiger partial charge in [0.15, 0.2) is 0 Å². The first kappa shape index (κ1) is 29.3. The Bertz CT molecular complexity index is 3030. The second kappa shape index (κ2) is 10.8. The fourth-order valence-electron chi connectivity index (χ4n) is 9.12. The van der Waals surface area contributed by atoms with Crippen LogP contribution in [0.3, 0.4) is 0 Å². The molecule has 1 aliphatic carbocycles. The highest BCUT2D eigenvalue weighted by atomic mass is 16.3. The van der Waals surface area contributed by atoms with Gasteiger partial charge in [-0.25, -0.2) is 0 Å². The molecule has 9 aromatic carbocycles. The van der Waals surface area contributed by atoms with Gasteiger partial charge in [0.1, 0.15) is 11.2 Å². The molecule has 0 bridgehead atoms. The first-order valence-corrected chi connectivity index (χ1v) is 18.2. The van der Waals surface area contributed by atoms with Gasteiger partial charge in [-0.05, 0) is 107 Å². The van der Waals surface area contributed by atoms with Crippen LogP contribution in [0.5, 0.6) is 0 Å². The molecule has 1 aromatic heterocycles. The van der Waals surface area contributed by atoms with Crippen LogP contribution in [0.1, 0.15) is 25.0 Å². The zero-order valence-corrected chi connectivity index (χ0v) is 29.1. The van der Waals surface area contributed by atoms with Crippen LogP contribution >= 0.6 is 0 Å². The third-order valence-electron chi connectivity index (χ3n) is 11.7. The molecule has 1 heterocycles. The quantitative estimate of drug-likeness (QED) is 0.172. The van der Waals surface area contributed by atoms with E-state index in [0.717, 1.165) is 27.3 Å². The van der Waals surface area contributed by atoms with Gasteiger partial charge in [0.05, 0.1) is 0 Å². The fraction of sp³-hybridized carbons (Fsp3) is 0.0588. The average molecular weight is 663 g/mol. The third-order valence-corrected chi connectivity index (χ3v) is 11.7. The van der Waals surface area contributed by atoms with E-state index in [4.69, 9.17) is 4.42 Å². The molecule has 0 amide bonds. The van der Waals surface area contributed by atoms with E-state index in [-0.39, 0.29) is 5.41 Å². The third kappa shape index (κ3) is 4.11. The molecule has 0 saturated carbocycles. The minimum Gasteiger partial charge on any atom is -0.455 e. The van der Waals surface area contributed by atoms with E-state index < -0.39 is 0 Å².